The van der Waals surface area contributed by atoms with E-state index in [0.29, 0.717) is 5.75 Å². The first-order valence-electron chi connectivity index (χ1n) is 7.69. The van der Waals surface area contributed by atoms with Crippen molar-refractivity contribution in [3.05, 3.63) is 35.9 Å². The first kappa shape index (κ1) is 18.3. The van der Waals surface area contributed by atoms with Gasteiger partial charge < -0.3 is 15.4 Å². The van der Waals surface area contributed by atoms with Crippen LogP contribution in [0.2, 0.25) is 0 Å². The predicted octanol–water partition coefficient (Wildman–Crippen LogP) is 0.897. The summed E-state index contributed by atoms with van der Waals surface area (Å²) in [5.41, 5.74) is 0.879. The lowest BCUT2D eigenvalue weighted by molar-refractivity contribution is -0.145. The highest BCUT2D eigenvalue weighted by Crippen LogP contribution is 2.31. The number of thioether (sulfide) groups is 1. The summed E-state index contributed by atoms with van der Waals surface area (Å²) in [4.78, 5) is 36.5. The first-order valence-corrected chi connectivity index (χ1v) is 8.67. The van der Waals surface area contributed by atoms with Gasteiger partial charge in [0.25, 0.3) is 0 Å². The van der Waals surface area contributed by atoms with E-state index >= 15 is 0 Å². The van der Waals surface area contributed by atoms with Crippen molar-refractivity contribution in [3.8, 4) is 0 Å². The molecule has 2 amide bonds. The van der Waals surface area contributed by atoms with Crippen LogP contribution in [0.3, 0.4) is 0 Å². The summed E-state index contributed by atoms with van der Waals surface area (Å²) in [6, 6.07) is 7.89. The average Bonchev–Trinajstić information content (AvgIpc) is 2.66. The second kappa shape index (κ2) is 7.70. The Morgan fingerprint density at radius 2 is 2.00 bits per heavy atom. The largest absolute Gasteiger partial charge is 0.467 e. The lowest BCUT2D eigenvalue weighted by Crippen LogP contribution is -2.55. The average molecular weight is 350 g/mol. The van der Waals surface area contributed by atoms with Gasteiger partial charge in [-0.05, 0) is 19.4 Å². The van der Waals surface area contributed by atoms with E-state index in [-0.39, 0.29) is 18.2 Å². The number of hydrogen-bond acceptors (Lipinski definition) is 5. The van der Waals surface area contributed by atoms with E-state index in [1.807, 2.05) is 44.2 Å². The van der Waals surface area contributed by atoms with Gasteiger partial charge in [-0.25, -0.2) is 4.79 Å². The molecule has 1 heterocycles. The molecule has 1 aromatic rings. The molecular weight excluding hydrogens is 328 g/mol. The SMILES string of the molecule is COC(=O)[C@H]1NC(=O)[C@H](NC(=O)Cc2ccccc2)CSC1(C)C. The summed E-state index contributed by atoms with van der Waals surface area (Å²) in [6.45, 7) is 3.74. The number of methoxy groups -OCH3 is 1. The molecule has 1 aliphatic heterocycles. The molecule has 7 heteroatoms. The van der Waals surface area contributed by atoms with Gasteiger partial charge in [0.1, 0.15) is 12.1 Å². The van der Waals surface area contributed by atoms with Crippen molar-refractivity contribution < 1.29 is 19.1 Å². The molecule has 2 atom stereocenters. The lowest BCUT2D eigenvalue weighted by Gasteiger charge is -2.29. The number of nitrogens with one attached hydrogen (secondary N) is 2. The van der Waals surface area contributed by atoms with E-state index in [9.17, 15) is 14.4 Å². The quantitative estimate of drug-likeness (QED) is 0.788. The number of hydrogen-bond donors (Lipinski definition) is 2. The highest BCUT2D eigenvalue weighted by molar-refractivity contribution is 8.00. The third-order valence-corrected chi connectivity index (χ3v) is 5.38. The molecule has 2 N–H and O–H groups in total. The molecule has 1 aromatic carbocycles. The first-order chi connectivity index (χ1) is 11.3. The summed E-state index contributed by atoms with van der Waals surface area (Å²) in [7, 11) is 1.29. The van der Waals surface area contributed by atoms with E-state index < -0.39 is 22.8 Å². The van der Waals surface area contributed by atoms with Crippen LogP contribution in [0.25, 0.3) is 0 Å². The number of carbonyl (C=O) groups is 3. The minimum atomic E-state index is -0.754. The van der Waals surface area contributed by atoms with Gasteiger partial charge >= 0.3 is 5.97 Å². The Hall–Kier alpha value is -2.02. The Labute approximate surface area is 145 Å². The smallest absolute Gasteiger partial charge is 0.329 e. The predicted molar refractivity (Wildman–Crippen MR) is 92.6 cm³/mol. The van der Waals surface area contributed by atoms with Gasteiger partial charge in [0.2, 0.25) is 11.8 Å². The van der Waals surface area contributed by atoms with Crippen LogP contribution in [0.5, 0.6) is 0 Å². The minimum Gasteiger partial charge on any atom is -0.467 e. The van der Waals surface area contributed by atoms with E-state index in [1.54, 1.807) is 0 Å². The van der Waals surface area contributed by atoms with Gasteiger partial charge in [-0.1, -0.05) is 30.3 Å². The van der Waals surface area contributed by atoms with E-state index in [1.165, 1.54) is 18.9 Å². The van der Waals surface area contributed by atoms with Gasteiger partial charge in [0, 0.05) is 10.5 Å². The number of amides is 2. The second-order valence-corrected chi connectivity index (χ2v) is 7.84. The summed E-state index contributed by atoms with van der Waals surface area (Å²) in [5.74, 6) is -0.689. The molecule has 1 saturated heterocycles. The number of rotatable bonds is 4. The van der Waals surface area contributed by atoms with E-state index in [2.05, 4.69) is 10.6 Å². The standard InChI is InChI=1S/C17H22N2O4S/c1-17(2)14(16(22)23-3)19-15(21)12(10-24-17)18-13(20)9-11-7-5-4-6-8-11/h4-8,12,14H,9-10H2,1-3H3,(H,18,20)(H,19,21)/t12-,14-/m1/s1. The van der Waals surface area contributed by atoms with Crippen molar-refractivity contribution in [2.45, 2.75) is 37.1 Å². The summed E-state index contributed by atoms with van der Waals surface area (Å²) in [6.07, 6.45) is 0.207. The molecule has 0 saturated carbocycles. The fourth-order valence-corrected chi connectivity index (χ4v) is 3.62. The maximum Gasteiger partial charge on any atom is 0.329 e. The van der Waals surface area contributed by atoms with Gasteiger partial charge in [-0.3, -0.25) is 9.59 Å². The molecule has 1 fully saturated rings. The third-order valence-electron chi connectivity index (χ3n) is 3.90. The van der Waals surface area contributed by atoms with Gasteiger partial charge in [-0.2, -0.15) is 11.8 Å². The Morgan fingerprint density at radius 1 is 1.33 bits per heavy atom. The highest BCUT2D eigenvalue weighted by atomic mass is 32.2. The summed E-state index contributed by atoms with van der Waals surface area (Å²) >= 11 is 1.45. The zero-order valence-electron chi connectivity index (χ0n) is 14.0. The third kappa shape index (κ3) is 4.50. The van der Waals surface area contributed by atoms with Crippen LogP contribution in [0, 0.1) is 0 Å². The molecule has 24 heavy (non-hydrogen) atoms. The van der Waals surface area contributed by atoms with Crippen molar-refractivity contribution in [2.75, 3.05) is 12.9 Å². The molecular formula is C17H22N2O4S. The van der Waals surface area contributed by atoms with Crippen LogP contribution < -0.4 is 10.6 Å². The van der Waals surface area contributed by atoms with Crippen molar-refractivity contribution in [3.63, 3.8) is 0 Å². The van der Waals surface area contributed by atoms with Crippen molar-refractivity contribution >= 4 is 29.5 Å². The van der Waals surface area contributed by atoms with E-state index in [4.69, 9.17) is 4.74 Å². The van der Waals surface area contributed by atoms with Gasteiger partial charge in [0.05, 0.1) is 13.5 Å². The summed E-state index contributed by atoms with van der Waals surface area (Å²) in [5, 5.41) is 5.44. The summed E-state index contributed by atoms with van der Waals surface area (Å²) < 4.78 is 4.24. The molecule has 0 aliphatic carbocycles. The molecule has 0 radical (unpaired) electrons. The van der Waals surface area contributed by atoms with E-state index in [0.717, 1.165) is 5.56 Å². The Bertz CT molecular complexity index is 618. The highest BCUT2D eigenvalue weighted by Gasteiger charge is 2.42. The molecule has 6 nitrogen and oxygen atoms in total. The fourth-order valence-electron chi connectivity index (χ4n) is 2.47. The normalized spacial score (nSPS) is 22.9. The molecule has 0 bridgehead atoms. The molecule has 0 aromatic heterocycles. The Morgan fingerprint density at radius 3 is 2.62 bits per heavy atom. The molecule has 2 rings (SSSR count). The monoisotopic (exact) mass is 350 g/mol. The maximum atomic E-state index is 12.4. The Balaban J connectivity index is 2.03. The van der Waals surface area contributed by atoms with Crippen LogP contribution >= 0.6 is 11.8 Å². The molecule has 0 unspecified atom stereocenters. The fraction of sp³-hybridized carbons (Fsp3) is 0.471. The second-order valence-electron chi connectivity index (χ2n) is 6.16. The van der Waals surface area contributed by atoms with Crippen molar-refractivity contribution in [1.82, 2.24) is 10.6 Å². The maximum absolute atomic E-state index is 12.4. The number of benzene rings is 1. The van der Waals surface area contributed by atoms with Crippen LogP contribution in [0.1, 0.15) is 19.4 Å². The van der Waals surface area contributed by atoms with Crippen LogP contribution in [0.15, 0.2) is 30.3 Å². The molecule has 0 spiro atoms. The van der Waals surface area contributed by atoms with Crippen LogP contribution in [-0.2, 0) is 25.5 Å². The number of carbonyl (C=O) groups excluding carboxylic acids is 3. The van der Waals surface area contributed by atoms with Crippen molar-refractivity contribution in [1.29, 1.82) is 0 Å². The van der Waals surface area contributed by atoms with Gasteiger partial charge in [-0.15, -0.1) is 0 Å². The Kier molecular flexibility index (Phi) is 5.88. The molecule has 1 aliphatic rings. The topological polar surface area (TPSA) is 84.5 Å². The van der Waals surface area contributed by atoms with Crippen LogP contribution in [0.4, 0.5) is 0 Å². The zero-order chi connectivity index (χ0) is 17.7. The van der Waals surface area contributed by atoms with Gasteiger partial charge in [0.15, 0.2) is 0 Å². The van der Waals surface area contributed by atoms with Crippen molar-refractivity contribution in [2.24, 2.45) is 0 Å². The molecule has 130 valence electrons. The number of esters is 1. The van der Waals surface area contributed by atoms with Crippen LogP contribution in [-0.4, -0.2) is 47.5 Å². The number of ether oxygens (including phenoxy) is 1. The lowest BCUT2D eigenvalue weighted by atomic mass is 10.0. The zero-order valence-corrected chi connectivity index (χ0v) is 14.8. The minimum absolute atomic E-state index is 0.207.